The molecular weight excluding hydrogens is 243 g/mol. The molecule has 0 bridgehead atoms. The second-order valence-corrected chi connectivity index (χ2v) is 3.75. The van der Waals surface area contributed by atoms with Crippen LogP contribution in [-0.2, 0) is 0 Å². The van der Waals surface area contributed by atoms with Gasteiger partial charge in [-0.05, 0) is 22.6 Å². The summed E-state index contributed by atoms with van der Waals surface area (Å²) in [4.78, 5) is 0. The highest BCUT2D eigenvalue weighted by molar-refractivity contribution is 6.43. The Morgan fingerprint density at radius 3 is 2.07 bits per heavy atom. The summed E-state index contributed by atoms with van der Waals surface area (Å²) in [5.41, 5.74) is 2.06. The molecule has 0 saturated carbocycles. The van der Waals surface area contributed by atoms with Crippen molar-refractivity contribution in [2.45, 2.75) is 0 Å². The number of hydrogen-bond donors (Lipinski definition) is 0. The summed E-state index contributed by atoms with van der Waals surface area (Å²) in [6, 6.07) is 15.6. The molecule has 0 nitrogen and oxygen atoms in total. The van der Waals surface area contributed by atoms with Crippen LogP contribution in [0.3, 0.4) is 0 Å². The van der Waals surface area contributed by atoms with Gasteiger partial charge in [0, 0.05) is 5.56 Å². The topological polar surface area (TPSA) is 0 Å². The average Bonchev–Trinajstić information content (AvgIpc) is 2.23. The first-order valence-electron chi connectivity index (χ1n) is 4.28. The molecule has 0 spiro atoms. The van der Waals surface area contributed by atoms with Crippen molar-refractivity contribution in [3.8, 4) is 11.1 Å². The first-order chi connectivity index (χ1) is 6.79. The molecule has 0 amide bonds. The summed E-state index contributed by atoms with van der Waals surface area (Å²) in [6.07, 6.45) is 0. The van der Waals surface area contributed by atoms with Crippen LogP contribution in [0.2, 0.25) is 10.0 Å². The Balaban J connectivity index is 0.00000112. The zero-order chi connectivity index (χ0) is 9.97. The van der Waals surface area contributed by atoms with Crippen LogP contribution >= 0.6 is 23.2 Å². The minimum atomic E-state index is 0. The quantitative estimate of drug-likeness (QED) is 0.686. The Hall–Kier alpha value is -0.763. The zero-order valence-electron chi connectivity index (χ0n) is 7.37. The third-order valence-electron chi connectivity index (χ3n) is 2.04. The van der Waals surface area contributed by atoms with Crippen molar-refractivity contribution >= 4 is 34.2 Å². The van der Waals surface area contributed by atoms with Crippen LogP contribution in [0.15, 0.2) is 48.5 Å². The molecule has 3 heteroatoms. The van der Waals surface area contributed by atoms with Crippen LogP contribution in [-0.4, -0.2) is 11.0 Å². The third kappa shape index (κ3) is 2.62. The van der Waals surface area contributed by atoms with Gasteiger partial charge in [-0.15, -0.1) is 0 Å². The molecule has 2 rings (SSSR count). The molecule has 2 aromatic rings. The molecule has 0 heterocycles. The highest BCUT2D eigenvalue weighted by Crippen LogP contribution is 2.32. The van der Waals surface area contributed by atoms with Gasteiger partial charge in [0.25, 0.3) is 0 Å². The summed E-state index contributed by atoms with van der Waals surface area (Å²) in [6.45, 7) is 0. The van der Waals surface area contributed by atoms with Gasteiger partial charge in [-0.25, -0.2) is 0 Å². The summed E-state index contributed by atoms with van der Waals surface area (Å²) in [5.74, 6) is 0. The molecule has 0 radical (unpaired) electrons. The van der Waals surface area contributed by atoms with Crippen LogP contribution in [0.1, 0.15) is 0 Å². The highest BCUT2D eigenvalue weighted by atomic mass is 35.5. The van der Waals surface area contributed by atoms with E-state index in [4.69, 9.17) is 23.2 Å². The van der Waals surface area contributed by atoms with E-state index < -0.39 is 0 Å². The zero-order valence-corrected chi connectivity index (χ0v) is 8.89. The van der Waals surface area contributed by atoms with Crippen molar-refractivity contribution in [3.05, 3.63) is 58.6 Å². The molecule has 0 atom stereocenters. The SMILES string of the molecule is Clc1cccc(-c2ccccc2)c1Cl.[SiH4]. The van der Waals surface area contributed by atoms with Gasteiger partial charge < -0.3 is 0 Å². The standard InChI is InChI=1S/C12H8Cl2.H4Si/c13-11-8-4-7-10(12(11)14)9-5-2-1-3-6-9;/h1-8H;1H4. The molecule has 0 aliphatic rings. The van der Waals surface area contributed by atoms with Crippen LogP contribution in [0.5, 0.6) is 0 Å². The minimum absolute atomic E-state index is 0. The van der Waals surface area contributed by atoms with Gasteiger partial charge in [0.15, 0.2) is 0 Å². The Morgan fingerprint density at radius 2 is 1.40 bits per heavy atom. The average molecular weight is 255 g/mol. The van der Waals surface area contributed by atoms with Crippen molar-refractivity contribution in [2.24, 2.45) is 0 Å². The van der Waals surface area contributed by atoms with E-state index in [1.54, 1.807) is 6.07 Å². The molecule has 15 heavy (non-hydrogen) atoms. The lowest BCUT2D eigenvalue weighted by Gasteiger charge is -2.04. The maximum atomic E-state index is 6.10. The number of halogens is 2. The summed E-state index contributed by atoms with van der Waals surface area (Å²) < 4.78 is 0. The van der Waals surface area contributed by atoms with Gasteiger partial charge in [-0.3, -0.25) is 0 Å². The smallest absolute Gasteiger partial charge is 0.0670 e. The highest BCUT2D eigenvalue weighted by Gasteiger charge is 2.05. The van der Waals surface area contributed by atoms with E-state index in [9.17, 15) is 0 Å². The fourth-order valence-electron chi connectivity index (χ4n) is 1.34. The van der Waals surface area contributed by atoms with Crippen LogP contribution in [0.4, 0.5) is 0 Å². The van der Waals surface area contributed by atoms with E-state index in [1.807, 2.05) is 42.5 Å². The lowest BCUT2D eigenvalue weighted by molar-refractivity contribution is 1.62. The van der Waals surface area contributed by atoms with Crippen molar-refractivity contribution in [1.29, 1.82) is 0 Å². The van der Waals surface area contributed by atoms with E-state index >= 15 is 0 Å². The van der Waals surface area contributed by atoms with Gasteiger partial charge in [-0.2, -0.15) is 0 Å². The molecule has 0 fully saturated rings. The van der Waals surface area contributed by atoms with E-state index in [0.29, 0.717) is 10.0 Å². The van der Waals surface area contributed by atoms with Crippen molar-refractivity contribution in [2.75, 3.05) is 0 Å². The van der Waals surface area contributed by atoms with Gasteiger partial charge in [0.1, 0.15) is 0 Å². The maximum Gasteiger partial charge on any atom is 0.0670 e. The van der Waals surface area contributed by atoms with Gasteiger partial charge in [0.2, 0.25) is 0 Å². The Kier molecular flexibility index (Phi) is 4.39. The molecule has 0 aliphatic carbocycles. The molecule has 0 aromatic heterocycles. The van der Waals surface area contributed by atoms with E-state index in [2.05, 4.69) is 0 Å². The summed E-state index contributed by atoms with van der Waals surface area (Å²) in [5, 5.41) is 1.20. The number of hydrogen-bond acceptors (Lipinski definition) is 0. The fraction of sp³-hybridized carbons (Fsp3) is 0. The van der Waals surface area contributed by atoms with Gasteiger partial charge in [-0.1, -0.05) is 65.7 Å². The third-order valence-corrected chi connectivity index (χ3v) is 2.86. The monoisotopic (exact) mass is 254 g/mol. The first-order valence-corrected chi connectivity index (χ1v) is 5.04. The van der Waals surface area contributed by atoms with Crippen LogP contribution in [0.25, 0.3) is 11.1 Å². The van der Waals surface area contributed by atoms with Crippen molar-refractivity contribution < 1.29 is 0 Å². The molecule has 0 saturated heterocycles. The Bertz CT molecular complexity index is 441. The lowest BCUT2D eigenvalue weighted by Crippen LogP contribution is -1.79. The number of rotatable bonds is 1. The first kappa shape index (κ1) is 12.3. The normalized spacial score (nSPS) is 9.47. The molecule has 0 N–H and O–H groups in total. The lowest BCUT2D eigenvalue weighted by atomic mass is 10.1. The molecular formula is C12H12Cl2Si. The van der Waals surface area contributed by atoms with Crippen molar-refractivity contribution in [1.82, 2.24) is 0 Å². The molecule has 2 aromatic carbocycles. The predicted octanol–water partition coefficient (Wildman–Crippen LogP) is 3.21. The Morgan fingerprint density at radius 1 is 0.733 bits per heavy atom. The summed E-state index contributed by atoms with van der Waals surface area (Å²) in [7, 11) is 0. The van der Waals surface area contributed by atoms with Crippen LogP contribution < -0.4 is 0 Å². The van der Waals surface area contributed by atoms with Crippen molar-refractivity contribution in [3.63, 3.8) is 0 Å². The minimum Gasteiger partial charge on any atom is -0.0827 e. The van der Waals surface area contributed by atoms with Crippen LogP contribution in [0, 0.1) is 0 Å². The maximum absolute atomic E-state index is 6.10. The second kappa shape index (κ2) is 5.36. The Labute approximate surface area is 104 Å². The molecule has 78 valence electrons. The van der Waals surface area contributed by atoms with E-state index in [1.165, 1.54) is 0 Å². The summed E-state index contributed by atoms with van der Waals surface area (Å²) >= 11 is 12.0. The van der Waals surface area contributed by atoms with Gasteiger partial charge >= 0.3 is 0 Å². The fourth-order valence-corrected chi connectivity index (χ4v) is 1.75. The van der Waals surface area contributed by atoms with Gasteiger partial charge in [0.05, 0.1) is 10.0 Å². The van der Waals surface area contributed by atoms with E-state index in [-0.39, 0.29) is 11.0 Å². The molecule has 0 aliphatic heterocycles. The molecule has 0 unspecified atom stereocenters. The largest absolute Gasteiger partial charge is 0.0827 e. The van der Waals surface area contributed by atoms with E-state index in [0.717, 1.165) is 11.1 Å². The predicted molar refractivity (Wildman–Crippen MR) is 73.2 cm³/mol. The second-order valence-electron chi connectivity index (χ2n) is 2.97. The number of benzene rings is 2.